The number of carboxylic acid groups (broad SMARTS) is 1. The second-order valence-electron chi connectivity index (χ2n) is 4.45. The average Bonchev–Trinajstić information content (AvgIpc) is 2.85. The zero-order valence-corrected chi connectivity index (χ0v) is 10.8. The van der Waals surface area contributed by atoms with E-state index >= 15 is 0 Å². The molecule has 1 N–H and O–H groups in total. The zero-order valence-electron chi connectivity index (χ0n) is 9.27. The molecule has 0 aromatic carbocycles. The van der Waals surface area contributed by atoms with Crippen LogP contribution < -0.4 is 0 Å². The Morgan fingerprint density at radius 1 is 1.53 bits per heavy atom. The number of amides is 1. The molecule has 0 radical (unpaired) electrons. The lowest BCUT2D eigenvalue weighted by atomic mass is 9.90. The van der Waals surface area contributed by atoms with E-state index in [1.807, 2.05) is 0 Å². The quantitative estimate of drug-likeness (QED) is 0.900. The predicted molar refractivity (Wildman–Crippen MR) is 65.6 cm³/mol. The third-order valence-corrected chi connectivity index (χ3v) is 4.28. The van der Waals surface area contributed by atoms with E-state index in [1.165, 1.54) is 11.3 Å². The van der Waals surface area contributed by atoms with Gasteiger partial charge in [0.15, 0.2) is 0 Å². The summed E-state index contributed by atoms with van der Waals surface area (Å²) in [6, 6.07) is 3.34. The van der Waals surface area contributed by atoms with Crippen LogP contribution in [0.3, 0.4) is 0 Å². The zero-order chi connectivity index (χ0) is 12.6. The van der Waals surface area contributed by atoms with E-state index in [9.17, 15) is 9.59 Å². The van der Waals surface area contributed by atoms with E-state index in [-0.39, 0.29) is 12.5 Å². The SMILES string of the molecule is CC1(C(=O)O)CCN(C(=O)c2ccc(Cl)s2)C1. The smallest absolute Gasteiger partial charge is 0.311 e. The Morgan fingerprint density at radius 2 is 2.24 bits per heavy atom. The summed E-state index contributed by atoms with van der Waals surface area (Å²) in [5.74, 6) is -0.983. The Morgan fingerprint density at radius 3 is 2.71 bits per heavy atom. The third-order valence-electron chi connectivity index (χ3n) is 3.06. The number of carboxylic acids is 1. The summed E-state index contributed by atoms with van der Waals surface area (Å²) in [6.07, 6.45) is 0.493. The number of nitrogens with zero attached hydrogens (tertiary/aromatic N) is 1. The first kappa shape index (κ1) is 12.4. The fourth-order valence-corrected chi connectivity index (χ4v) is 2.91. The molecule has 0 bridgehead atoms. The van der Waals surface area contributed by atoms with Crippen LogP contribution in [0.2, 0.25) is 4.34 Å². The van der Waals surface area contributed by atoms with Crippen molar-refractivity contribution in [3.8, 4) is 0 Å². The molecule has 1 aliphatic rings. The molecule has 1 saturated heterocycles. The van der Waals surface area contributed by atoms with Crippen LogP contribution in [0.25, 0.3) is 0 Å². The molecule has 2 heterocycles. The van der Waals surface area contributed by atoms with Gasteiger partial charge in [-0.3, -0.25) is 9.59 Å². The van der Waals surface area contributed by atoms with Gasteiger partial charge in [0, 0.05) is 13.1 Å². The molecule has 4 nitrogen and oxygen atoms in total. The lowest BCUT2D eigenvalue weighted by Gasteiger charge is -2.19. The van der Waals surface area contributed by atoms with Crippen LogP contribution in [0, 0.1) is 5.41 Å². The minimum atomic E-state index is -0.850. The molecule has 0 saturated carbocycles. The molecule has 92 valence electrons. The Balaban J connectivity index is 2.11. The highest BCUT2D eigenvalue weighted by molar-refractivity contribution is 7.17. The van der Waals surface area contributed by atoms with Crippen LogP contribution >= 0.6 is 22.9 Å². The van der Waals surface area contributed by atoms with Gasteiger partial charge in [-0.15, -0.1) is 11.3 Å². The van der Waals surface area contributed by atoms with E-state index in [2.05, 4.69) is 0 Å². The number of carbonyl (C=O) groups excluding carboxylic acids is 1. The number of carbonyl (C=O) groups is 2. The fraction of sp³-hybridized carbons (Fsp3) is 0.455. The molecular weight excluding hydrogens is 262 g/mol. The van der Waals surface area contributed by atoms with Gasteiger partial charge in [-0.05, 0) is 25.5 Å². The van der Waals surface area contributed by atoms with Gasteiger partial charge in [0.05, 0.1) is 14.6 Å². The number of hydrogen-bond acceptors (Lipinski definition) is 3. The third kappa shape index (κ3) is 2.30. The van der Waals surface area contributed by atoms with E-state index in [4.69, 9.17) is 16.7 Å². The van der Waals surface area contributed by atoms with Crippen LogP contribution in [0.1, 0.15) is 23.0 Å². The van der Waals surface area contributed by atoms with Crippen molar-refractivity contribution in [1.82, 2.24) is 4.90 Å². The number of thiophene rings is 1. The van der Waals surface area contributed by atoms with Crippen LogP contribution in [0.15, 0.2) is 12.1 Å². The van der Waals surface area contributed by atoms with Crippen molar-refractivity contribution in [3.63, 3.8) is 0 Å². The molecule has 1 aliphatic heterocycles. The van der Waals surface area contributed by atoms with Gasteiger partial charge in [-0.1, -0.05) is 11.6 Å². The molecule has 2 rings (SSSR count). The molecule has 1 unspecified atom stereocenters. The molecular formula is C11H12ClNO3S. The van der Waals surface area contributed by atoms with Crippen LogP contribution in [0.4, 0.5) is 0 Å². The summed E-state index contributed by atoms with van der Waals surface area (Å²) >= 11 is 6.99. The van der Waals surface area contributed by atoms with Gasteiger partial charge in [0.1, 0.15) is 0 Å². The van der Waals surface area contributed by atoms with Gasteiger partial charge in [0.25, 0.3) is 5.91 Å². The Kier molecular flexibility index (Phi) is 3.14. The summed E-state index contributed by atoms with van der Waals surface area (Å²) in [6.45, 7) is 2.41. The topological polar surface area (TPSA) is 57.6 Å². The average molecular weight is 274 g/mol. The number of rotatable bonds is 2. The molecule has 1 fully saturated rings. The highest BCUT2D eigenvalue weighted by Crippen LogP contribution is 2.32. The minimum absolute atomic E-state index is 0.133. The highest BCUT2D eigenvalue weighted by atomic mass is 35.5. The van der Waals surface area contributed by atoms with Crippen molar-refractivity contribution < 1.29 is 14.7 Å². The first-order chi connectivity index (χ1) is 7.92. The second-order valence-corrected chi connectivity index (χ2v) is 6.16. The van der Waals surface area contributed by atoms with E-state index in [0.717, 1.165) is 0 Å². The first-order valence-electron chi connectivity index (χ1n) is 5.20. The molecule has 6 heteroatoms. The maximum atomic E-state index is 12.1. The highest BCUT2D eigenvalue weighted by Gasteiger charge is 2.42. The first-order valence-corrected chi connectivity index (χ1v) is 6.40. The van der Waals surface area contributed by atoms with Gasteiger partial charge < -0.3 is 10.0 Å². The van der Waals surface area contributed by atoms with Gasteiger partial charge in [-0.2, -0.15) is 0 Å². The molecule has 0 aliphatic carbocycles. The monoisotopic (exact) mass is 273 g/mol. The summed E-state index contributed by atoms with van der Waals surface area (Å²) in [5.41, 5.74) is -0.823. The lowest BCUT2D eigenvalue weighted by molar-refractivity contribution is -0.147. The van der Waals surface area contributed by atoms with E-state index in [1.54, 1.807) is 24.0 Å². The van der Waals surface area contributed by atoms with E-state index in [0.29, 0.717) is 22.2 Å². The predicted octanol–water partition coefficient (Wildman–Crippen LogP) is 2.34. The summed E-state index contributed by atoms with van der Waals surface area (Å²) in [7, 11) is 0. The number of aliphatic carboxylic acids is 1. The van der Waals surface area contributed by atoms with Crippen LogP contribution in [0.5, 0.6) is 0 Å². The van der Waals surface area contributed by atoms with Gasteiger partial charge in [-0.25, -0.2) is 0 Å². The standard InChI is InChI=1S/C11H12ClNO3S/c1-11(10(15)16)4-5-13(6-11)9(14)7-2-3-8(12)17-7/h2-3H,4-6H2,1H3,(H,15,16). The van der Waals surface area contributed by atoms with Gasteiger partial charge >= 0.3 is 5.97 Å². The van der Waals surface area contributed by atoms with Crippen molar-refractivity contribution in [2.75, 3.05) is 13.1 Å². The summed E-state index contributed by atoms with van der Waals surface area (Å²) in [4.78, 5) is 25.3. The molecule has 1 atom stereocenters. The Labute approximate surface area is 108 Å². The molecule has 0 spiro atoms. The molecule has 17 heavy (non-hydrogen) atoms. The molecule has 1 aromatic rings. The molecule has 1 amide bonds. The maximum absolute atomic E-state index is 12.1. The summed E-state index contributed by atoms with van der Waals surface area (Å²) in [5, 5.41) is 9.09. The lowest BCUT2D eigenvalue weighted by Crippen LogP contribution is -2.34. The van der Waals surface area contributed by atoms with Crippen molar-refractivity contribution in [2.24, 2.45) is 5.41 Å². The minimum Gasteiger partial charge on any atom is -0.481 e. The van der Waals surface area contributed by atoms with Crippen molar-refractivity contribution >= 4 is 34.8 Å². The fourth-order valence-electron chi connectivity index (χ4n) is 1.89. The van der Waals surface area contributed by atoms with Crippen molar-refractivity contribution in [3.05, 3.63) is 21.3 Å². The Bertz CT molecular complexity index is 473. The second kappa shape index (κ2) is 4.31. The maximum Gasteiger partial charge on any atom is 0.311 e. The van der Waals surface area contributed by atoms with Gasteiger partial charge in [0.2, 0.25) is 0 Å². The number of halogens is 1. The largest absolute Gasteiger partial charge is 0.481 e. The molecule has 1 aromatic heterocycles. The van der Waals surface area contributed by atoms with Crippen molar-refractivity contribution in [2.45, 2.75) is 13.3 Å². The van der Waals surface area contributed by atoms with E-state index < -0.39 is 11.4 Å². The summed E-state index contributed by atoms with van der Waals surface area (Å²) < 4.78 is 0.563. The normalized spacial score (nSPS) is 24.0. The Hall–Kier alpha value is -1.07. The van der Waals surface area contributed by atoms with Crippen LogP contribution in [-0.4, -0.2) is 35.0 Å². The van der Waals surface area contributed by atoms with Crippen molar-refractivity contribution in [1.29, 1.82) is 0 Å². The van der Waals surface area contributed by atoms with Crippen LogP contribution in [-0.2, 0) is 4.79 Å². The number of likely N-dealkylation sites (tertiary alicyclic amines) is 1. The number of hydrogen-bond donors (Lipinski definition) is 1.